The van der Waals surface area contributed by atoms with Gasteiger partial charge in [-0.15, -0.1) is 0 Å². The lowest BCUT2D eigenvalue weighted by molar-refractivity contribution is -0.143. The highest BCUT2D eigenvalue weighted by molar-refractivity contribution is 5.71. The number of hydrogen-bond acceptors (Lipinski definition) is 4. The van der Waals surface area contributed by atoms with E-state index in [0.717, 1.165) is 12.8 Å². The Balaban J connectivity index is 3.22. The van der Waals surface area contributed by atoms with E-state index in [0.29, 0.717) is 6.61 Å². The van der Waals surface area contributed by atoms with E-state index in [1.807, 2.05) is 14.1 Å². The van der Waals surface area contributed by atoms with Crippen LogP contribution in [-0.4, -0.2) is 38.2 Å². The summed E-state index contributed by atoms with van der Waals surface area (Å²) in [6.07, 6.45) is 1.99. The van der Waals surface area contributed by atoms with Gasteiger partial charge in [0.05, 0.1) is 6.61 Å². The SMILES string of the molecule is CCCCOC(=O)CNN(C)C. The predicted molar refractivity (Wildman–Crippen MR) is 47.6 cm³/mol. The quantitative estimate of drug-likeness (QED) is 0.359. The number of carbonyl (C=O) groups excluding carboxylic acids is 1. The summed E-state index contributed by atoms with van der Waals surface area (Å²) in [5.41, 5.74) is 2.83. The number of esters is 1. The zero-order chi connectivity index (χ0) is 9.40. The van der Waals surface area contributed by atoms with Crippen LogP contribution in [0.4, 0.5) is 0 Å². The molecule has 0 amide bonds. The van der Waals surface area contributed by atoms with Gasteiger partial charge in [0.1, 0.15) is 6.54 Å². The lowest BCUT2D eigenvalue weighted by Crippen LogP contribution is -2.35. The topological polar surface area (TPSA) is 41.6 Å². The summed E-state index contributed by atoms with van der Waals surface area (Å²) in [5, 5.41) is 1.72. The molecule has 0 aromatic rings. The largest absolute Gasteiger partial charge is 0.465 e. The Bertz CT molecular complexity index is 126. The fourth-order valence-electron chi connectivity index (χ4n) is 0.604. The molecule has 0 radical (unpaired) electrons. The molecule has 0 spiro atoms. The van der Waals surface area contributed by atoms with Crippen molar-refractivity contribution in [2.24, 2.45) is 0 Å². The Morgan fingerprint density at radius 3 is 2.67 bits per heavy atom. The van der Waals surface area contributed by atoms with Gasteiger partial charge in [0, 0.05) is 14.1 Å². The van der Waals surface area contributed by atoms with Gasteiger partial charge in [-0.05, 0) is 6.42 Å². The number of unbranched alkanes of at least 4 members (excludes halogenated alkanes) is 1. The molecule has 0 aromatic carbocycles. The number of hydrogen-bond donors (Lipinski definition) is 1. The van der Waals surface area contributed by atoms with Gasteiger partial charge < -0.3 is 4.74 Å². The summed E-state index contributed by atoms with van der Waals surface area (Å²) in [5.74, 6) is -0.197. The van der Waals surface area contributed by atoms with Gasteiger partial charge in [-0.2, -0.15) is 0 Å². The maximum absolute atomic E-state index is 10.9. The minimum atomic E-state index is -0.197. The minimum absolute atomic E-state index is 0.197. The van der Waals surface area contributed by atoms with E-state index in [1.54, 1.807) is 5.01 Å². The zero-order valence-corrected chi connectivity index (χ0v) is 8.09. The lowest BCUT2D eigenvalue weighted by atomic mass is 10.4. The summed E-state index contributed by atoms with van der Waals surface area (Å²) in [7, 11) is 3.67. The van der Waals surface area contributed by atoms with Crippen LogP contribution >= 0.6 is 0 Å². The second-order valence-corrected chi connectivity index (χ2v) is 2.80. The number of ether oxygens (including phenoxy) is 1. The van der Waals surface area contributed by atoms with Crippen molar-refractivity contribution in [1.82, 2.24) is 10.4 Å². The monoisotopic (exact) mass is 174 g/mol. The Labute approximate surface area is 73.8 Å². The number of nitrogens with zero attached hydrogens (tertiary/aromatic N) is 1. The number of rotatable bonds is 6. The first-order valence-electron chi connectivity index (χ1n) is 4.23. The van der Waals surface area contributed by atoms with Gasteiger partial charge in [0.2, 0.25) is 0 Å². The van der Waals surface area contributed by atoms with Crippen molar-refractivity contribution in [3.8, 4) is 0 Å². The van der Waals surface area contributed by atoms with E-state index in [1.165, 1.54) is 0 Å². The van der Waals surface area contributed by atoms with E-state index in [2.05, 4.69) is 12.3 Å². The van der Waals surface area contributed by atoms with Gasteiger partial charge in [0.25, 0.3) is 0 Å². The van der Waals surface area contributed by atoms with E-state index >= 15 is 0 Å². The van der Waals surface area contributed by atoms with E-state index in [-0.39, 0.29) is 12.5 Å². The zero-order valence-electron chi connectivity index (χ0n) is 8.09. The molecule has 0 saturated heterocycles. The van der Waals surface area contributed by atoms with Crippen LogP contribution in [0.3, 0.4) is 0 Å². The first-order valence-corrected chi connectivity index (χ1v) is 4.23. The Kier molecular flexibility index (Phi) is 6.70. The molecule has 0 aliphatic carbocycles. The predicted octanol–water partition coefficient (Wildman–Crippen LogP) is 0.396. The lowest BCUT2D eigenvalue weighted by Gasteiger charge is -2.10. The number of carbonyl (C=O) groups is 1. The highest BCUT2D eigenvalue weighted by Crippen LogP contribution is 1.87. The molecule has 4 heteroatoms. The van der Waals surface area contributed by atoms with E-state index < -0.39 is 0 Å². The van der Waals surface area contributed by atoms with Gasteiger partial charge in [-0.3, -0.25) is 9.80 Å². The van der Waals surface area contributed by atoms with Crippen LogP contribution in [0.1, 0.15) is 19.8 Å². The number of hydrazine groups is 1. The average molecular weight is 174 g/mol. The van der Waals surface area contributed by atoms with Crippen LogP contribution in [0.15, 0.2) is 0 Å². The van der Waals surface area contributed by atoms with Crippen LogP contribution in [0.25, 0.3) is 0 Å². The molecule has 0 saturated carbocycles. The fourth-order valence-corrected chi connectivity index (χ4v) is 0.604. The van der Waals surface area contributed by atoms with Gasteiger partial charge in [-0.25, -0.2) is 5.43 Å². The van der Waals surface area contributed by atoms with Crippen molar-refractivity contribution in [1.29, 1.82) is 0 Å². The molecular weight excluding hydrogens is 156 g/mol. The first kappa shape index (κ1) is 11.4. The van der Waals surface area contributed by atoms with E-state index in [9.17, 15) is 4.79 Å². The Morgan fingerprint density at radius 1 is 1.50 bits per heavy atom. The highest BCUT2D eigenvalue weighted by atomic mass is 16.5. The van der Waals surface area contributed by atoms with Crippen LogP contribution in [-0.2, 0) is 9.53 Å². The van der Waals surface area contributed by atoms with Crippen molar-refractivity contribution in [2.75, 3.05) is 27.2 Å². The Morgan fingerprint density at radius 2 is 2.17 bits per heavy atom. The van der Waals surface area contributed by atoms with Crippen molar-refractivity contribution >= 4 is 5.97 Å². The van der Waals surface area contributed by atoms with Gasteiger partial charge in [-0.1, -0.05) is 13.3 Å². The molecule has 72 valence electrons. The normalized spacial score (nSPS) is 10.3. The molecular formula is C8H18N2O2. The third-order valence-corrected chi connectivity index (χ3v) is 1.30. The van der Waals surface area contributed by atoms with Crippen molar-refractivity contribution in [3.63, 3.8) is 0 Å². The molecule has 4 nitrogen and oxygen atoms in total. The molecule has 1 N–H and O–H groups in total. The molecule has 12 heavy (non-hydrogen) atoms. The molecule has 0 aliphatic heterocycles. The molecule has 0 heterocycles. The van der Waals surface area contributed by atoms with Crippen molar-refractivity contribution in [2.45, 2.75) is 19.8 Å². The first-order chi connectivity index (χ1) is 5.66. The van der Waals surface area contributed by atoms with E-state index in [4.69, 9.17) is 4.74 Å². The van der Waals surface area contributed by atoms with Crippen LogP contribution < -0.4 is 5.43 Å². The van der Waals surface area contributed by atoms with Crippen molar-refractivity contribution < 1.29 is 9.53 Å². The van der Waals surface area contributed by atoms with Gasteiger partial charge in [0.15, 0.2) is 0 Å². The summed E-state index contributed by atoms with van der Waals surface area (Å²) in [4.78, 5) is 10.9. The Hall–Kier alpha value is -0.610. The van der Waals surface area contributed by atoms with Gasteiger partial charge >= 0.3 is 5.97 Å². The summed E-state index contributed by atoms with van der Waals surface area (Å²) in [6.45, 7) is 2.84. The summed E-state index contributed by atoms with van der Waals surface area (Å²) in [6, 6.07) is 0. The van der Waals surface area contributed by atoms with Crippen LogP contribution in [0.2, 0.25) is 0 Å². The smallest absolute Gasteiger partial charge is 0.321 e. The standard InChI is InChI=1S/C8H18N2O2/c1-4-5-6-12-8(11)7-9-10(2)3/h9H,4-7H2,1-3H3. The molecule has 0 bridgehead atoms. The molecule has 0 aliphatic rings. The summed E-state index contributed by atoms with van der Waals surface area (Å²) < 4.78 is 4.90. The number of nitrogens with one attached hydrogen (secondary N) is 1. The fraction of sp³-hybridized carbons (Fsp3) is 0.875. The van der Waals surface area contributed by atoms with Crippen molar-refractivity contribution in [3.05, 3.63) is 0 Å². The third kappa shape index (κ3) is 7.50. The third-order valence-electron chi connectivity index (χ3n) is 1.30. The maximum Gasteiger partial charge on any atom is 0.321 e. The molecule has 0 rings (SSSR count). The molecule has 0 fully saturated rings. The second kappa shape index (κ2) is 7.06. The maximum atomic E-state index is 10.9. The molecule has 0 atom stereocenters. The molecule has 0 unspecified atom stereocenters. The highest BCUT2D eigenvalue weighted by Gasteiger charge is 2.00. The van der Waals surface area contributed by atoms with Crippen LogP contribution in [0, 0.1) is 0 Å². The minimum Gasteiger partial charge on any atom is -0.465 e. The van der Waals surface area contributed by atoms with Crippen LogP contribution in [0.5, 0.6) is 0 Å². The summed E-state index contributed by atoms with van der Waals surface area (Å²) >= 11 is 0. The second-order valence-electron chi connectivity index (χ2n) is 2.80. The molecule has 0 aromatic heterocycles. The average Bonchev–Trinajstić information content (AvgIpc) is 2.01.